The smallest absolute Gasteiger partial charge is 0.255 e. The van der Waals surface area contributed by atoms with Crippen LogP contribution in [0.3, 0.4) is 0 Å². The Balaban J connectivity index is 2.91. The van der Waals surface area contributed by atoms with Crippen LogP contribution in [0.25, 0.3) is 0 Å². The molecule has 4 nitrogen and oxygen atoms in total. The number of nitrogens with zero attached hydrogens (tertiary/aromatic N) is 3. The summed E-state index contributed by atoms with van der Waals surface area (Å²) in [5, 5.41) is 17.4. The maximum atomic E-state index is 12.6. The maximum absolute atomic E-state index is 12.6. The van der Waals surface area contributed by atoms with E-state index in [4.69, 9.17) is 10.5 Å². The van der Waals surface area contributed by atoms with Gasteiger partial charge in [0.25, 0.3) is 5.91 Å². The summed E-state index contributed by atoms with van der Waals surface area (Å²) in [5.41, 5.74) is 0.659. The van der Waals surface area contributed by atoms with Gasteiger partial charge in [-0.3, -0.25) is 4.79 Å². The fraction of sp³-hybridized carbons (Fsp3) is 0.438. The molecule has 0 heterocycles. The van der Waals surface area contributed by atoms with Crippen molar-refractivity contribution in [2.45, 2.75) is 31.1 Å². The molecule has 0 spiro atoms. The highest BCUT2D eigenvalue weighted by Crippen LogP contribution is 2.24. The van der Waals surface area contributed by atoms with Gasteiger partial charge in [0, 0.05) is 18.0 Å². The third kappa shape index (κ3) is 5.49. The summed E-state index contributed by atoms with van der Waals surface area (Å²) < 4.78 is 0. The van der Waals surface area contributed by atoms with E-state index in [2.05, 4.69) is 6.92 Å². The third-order valence-electron chi connectivity index (χ3n) is 2.85. The van der Waals surface area contributed by atoms with Gasteiger partial charge in [0.05, 0.1) is 30.5 Å². The van der Waals surface area contributed by atoms with Crippen molar-refractivity contribution in [3.05, 3.63) is 29.8 Å². The highest BCUT2D eigenvalue weighted by Gasteiger charge is 2.18. The standard InChI is InChI=1S/C16H19N3OS/c1-2-13-21-15-8-4-3-7-14(15)16(20)19(11-5-9-17)12-6-10-18/h3-4,7-8H,2,5-6,11-13H2,1H3. The molecule has 1 aromatic rings. The van der Waals surface area contributed by atoms with E-state index < -0.39 is 0 Å². The molecule has 0 aromatic heterocycles. The van der Waals surface area contributed by atoms with Gasteiger partial charge >= 0.3 is 0 Å². The highest BCUT2D eigenvalue weighted by atomic mass is 32.2. The topological polar surface area (TPSA) is 67.9 Å². The zero-order chi connectivity index (χ0) is 15.5. The average Bonchev–Trinajstić information content (AvgIpc) is 2.52. The van der Waals surface area contributed by atoms with E-state index in [1.165, 1.54) is 0 Å². The van der Waals surface area contributed by atoms with Crippen LogP contribution in [0.4, 0.5) is 0 Å². The van der Waals surface area contributed by atoms with Gasteiger partial charge in [-0.05, 0) is 24.3 Å². The third-order valence-corrected chi connectivity index (χ3v) is 4.13. The van der Waals surface area contributed by atoms with Gasteiger partial charge in [-0.2, -0.15) is 10.5 Å². The molecule has 5 heteroatoms. The zero-order valence-corrected chi connectivity index (χ0v) is 13.0. The number of nitriles is 2. The molecule has 0 bridgehead atoms. The van der Waals surface area contributed by atoms with Gasteiger partial charge in [-0.1, -0.05) is 19.1 Å². The largest absolute Gasteiger partial charge is 0.337 e. The quantitative estimate of drug-likeness (QED) is 0.690. The second-order valence-corrected chi connectivity index (χ2v) is 5.59. The molecule has 110 valence electrons. The first-order valence-corrected chi connectivity index (χ1v) is 7.98. The minimum Gasteiger partial charge on any atom is -0.337 e. The molecule has 1 aromatic carbocycles. The number of hydrogen-bond acceptors (Lipinski definition) is 4. The second-order valence-electron chi connectivity index (χ2n) is 4.45. The van der Waals surface area contributed by atoms with Crippen LogP contribution in [0.2, 0.25) is 0 Å². The van der Waals surface area contributed by atoms with Crippen molar-refractivity contribution in [1.82, 2.24) is 4.90 Å². The molecule has 0 fully saturated rings. The molecule has 21 heavy (non-hydrogen) atoms. The monoisotopic (exact) mass is 301 g/mol. The summed E-state index contributed by atoms with van der Waals surface area (Å²) in [7, 11) is 0. The van der Waals surface area contributed by atoms with Gasteiger partial charge in [0.2, 0.25) is 0 Å². The Morgan fingerprint density at radius 2 is 1.81 bits per heavy atom. The van der Waals surface area contributed by atoms with Crippen LogP contribution in [0.1, 0.15) is 36.5 Å². The van der Waals surface area contributed by atoms with E-state index in [0.29, 0.717) is 18.7 Å². The summed E-state index contributed by atoms with van der Waals surface area (Å²) in [4.78, 5) is 15.2. The van der Waals surface area contributed by atoms with E-state index in [1.807, 2.05) is 36.4 Å². The molecule has 0 radical (unpaired) electrons. The van der Waals surface area contributed by atoms with Crippen LogP contribution in [-0.4, -0.2) is 29.6 Å². The number of benzene rings is 1. The molecule has 1 rings (SSSR count). The van der Waals surface area contributed by atoms with Crippen molar-refractivity contribution >= 4 is 17.7 Å². The molecular formula is C16H19N3OS. The summed E-state index contributed by atoms with van der Waals surface area (Å²) in [5.74, 6) is 0.862. The molecule has 0 unspecified atom stereocenters. The first-order valence-electron chi connectivity index (χ1n) is 6.99. The van der Waals surface area contributed by atoms with E-state index in [9.17, 15) is 4.79 Å². The van der Waals surface area contributed by atoms with Crippen LogP contribution in [0.15, 0.2) is 29.2 Å². The van der Waals surface area contributed by atoms with Crippen molar-refractivity contribution in [2.24, 2.45) is 0 Å². The summed E-state index contributed by atoms with van der Waals surface area (Å²) in [6, 6.07) is 11.6. The first-order chi connectivity index (χ1) is 10.2. The van der Waals surface area contributed by atoms with Crippen molar-refractivity contribution in [1.29, 1.82) is 10.5 Å². The van der Waals surface area contributed by atoms with Gasteiger partial charge in [0.15, 0.2) is 0 Å². The lowest BCUT2D eigenvalue weighted by atomic mass is 10.2. The molecule has 0 aliphatic heterocycles. The van der Waals surface area contributed by atoms with Crippen molar-refractivity contribution in [3.63, 3.8) is 0 Å². The SMILES string of the molecule is CCCSc1ccccc1C(=O)N(CCC#N)CCC#N. The Morgan fingerprint density at radius 1 is 1.19 bits per heavy atom. The van der Waals surface area contributed by atoms with Gasteiger partial charge in [0.1, 0.15) is 0 Å². The average molecular weight is 301 g/mol. The molecule has 0 saturated carbocycles. The lowest BCUT2D eigenvalue weighted by Gasteiger charge is -2.21. The summed E-state index contributed by atoms with van der Waals surface area (Å²) >= 11 is 1.66. The van der Waals surface area contributed by atoms with Crippen LogP contribution >= 0.6 is 11.8 Å². The van der Waals surface area contributed by atoms with Gasteiger partial charge < -0.3 is 4.90 Å². The number of amides is 1. The minimum atomic E-state index is -0.0975. The molecule has 0 aliphatic carbocycles. The Bertz CT molecular complexity index is 527. The fourth-order valence-corrected chi connectivity index (χ4v) is 2.75. The van der Waals surface area contributed by atoms with E-state index in [1.54, 1.807) is 16.7 Å². The first kappa shape index (κ1) is 17.1. The number of thioether (sulfide) groups is 1. The lowest BCUT2D eigenvalue weighted by molar-refractivity contribution is 0.0759. The predicted octanol–water partition coefficient (Wildman–Crippen LogP) is 3.46. The molecule has 1 amide bonds. The Morgan fingerprint density at radius 3 is 2.38 bits per heavy atom. The fourth-order valence-electron chi connectivity index (χ4n) is 1.84. The van der Waals surface area contributed by atoms with E-state index >= 15 is 0 Å². The van der Waals surface area contributed by atoms with E-state index in [-0.39, 0.29) is 18.7 Å². The number of carbonyl (C=O) groups is 1. The van der Waals surface area contributed by atoms with Crippen LogP contribution in [-0.2, 0) is 0 Å². The molecular weight excluding hydrogens is 282 g/mol. The van der Waals surface area contributed by atoms with Crippen molar-refractivity contribution in [2.75, 3.05) is 18.8 Å². The summed E-state index contributed by atoms with van der Waals surface area (Å²) in [6.45, 7) is 2.83. The van der Waals surface area contributed by atoms with Crippen molar-refractivity contribution in [3.8, 4) is 12.1 Å². The summed E-state index contributed by atoms with van der Waals surface area (Å²) in [6.07, 6.45) is 1.60. The number of carbonyl (C=O) groups excluding carboxylic acids is 1. The normalized spacial score (nSPS) is 9.67. The molecule has 0 saturated heterocycles. The van der Waals surface area contributed by atoms with Crippen LogP contribution < -0.4 is 0 Å². The van der Waals surface area contributed by atoms with Crippen LogP contribution in [0, 0.1) is 22.7 Å². The highest BCUT2D eigenvalue weighted by molar-refractivity contribution is 7.99. The molecule has 0 atom stereocenters. The van der Waals surface area contributed by atoms with E-state index in [0.717, 1.165) is 17.1 Å². The number of rotatable bonds is 8. The minimum absolute atomic E-state index is 0.0975. The Hall–Kier alpha value is -1.98. The second kappa shape index (κ2) is 9.85. The number of hydrogen-bond donors (Lipinski definition) is 0. The predicted molar refractivity (Wildman–Crippen MR) is 83.8 cm³/mol. The van der Waals surface area contributed by atoms with Gasteiger partial charge in [-0.25, -0.2) is 0 Å². The van der Waals surface area contributed by atoms with Crippen molar-refractivity contribution < 1.29 is 4.79 Å². The Labute approximate surface area is 130 Å². The van der Waals surface area contributed by atoms with Crippen LogP contribution in [0.5, 0.6) is 0 Å². The molecule has 0 N–H and O–H groups in total. The zero-order valence-electron chi connectivity index (χ0n) is 12.2. The maximum Gasteiger partial charge on any atom is 0.255 e. The lowest BCUT2D eigenvalue weighted by Crippen LogP contribution is -2.33. The Kier molecular flexibility index (Phi) is 8.01. The van der Waals surface area contributed by atoms with Gasteiger partial charge in [-0.15, -0.1) is 11.8 Å². The molecule has 0 aliphatic rings.